The van der Waals surface area contributed by atoms with Crippen molar-refractivity contribution < 1.29 is 14.7 Å². The highest BCUT2D eigenvalue weighted by Gasteiger charge is 2.31. The van der Waals surface area contributed by atoms with E-state index in [2.05, 4.69) is 10.6 Å². The number of carboxylic acids is 1. The number of amides is 2. The Bertz CT molecular complexity index is 276. The van der Waals surface area contributed by atoms with Crippen LogP contribution < -0.4 is 10.6 Å². The van der Waals surface area contributed by atoms with E-state index >= 15 is 0 Å². The van der Waals surface area contributed by atoms with Crippen molar-refractivity contribution in [3.05, 3.63) is 0 Å². The van der Waals surface area contributed by atoms with Crippen molar-refractivity contribution in [2.75, 3.05) is 13.1 Å². The smallest absolute Gasteiger partial charge is 0.314 e. The third kappa shape index (κ3) is 3.72. The maximum atomic E-state index is 11.3. The van der Waals surface area contributed by atoms with Crippen molar-refractivity contribution in [1.82, 2.24) is 10.6 Å². The Kier molecular flexibility index (Phi) is 4.15. The summed E-state index contributed by atoms with van der Waals surface area (Å²) in [6, 6.07) is -0.271. The van der Waals surface area contributed by atoms with Crippen LogP contribution in [-0.4, -0.2) is 30.2 Å². The Morgan fingerprint density at radius 2 is 2.00 bits per heavy atom. The molecule has 16 heavy (non-hydrogen) atoms. The van der Waals surface area contributed by atoms with E-state index in [0.29, 0.717) is 18.9 Å². The molecule has 5 heteroatoms. The summed E-state index contributed by atoms with van der Waals surface area (Å²) in [7, 11) is 0. The molecule has 0 heterocycles. The van der Waals surface area contributed by atoms with E-state index in [0.717, 1.165) is 0 Å². The van der Waals surface area contributed by atoms with Crippen LogP contribution in [0.3, 0.4) is 0 Å². The third-order valence-electron chi connectivity index (χ3n) is 3.18. The molecule has 0 aromatic carbocycles. The van der Waals surface area contributed by atoms with Crippen LogP contribution in [0.4, 0.5) is 4.79 Å². The Labute approximate surface area is 95.6 Å². The first kappa shape index (κ1) is 12.8. The van der Waals surface area contributed by atoms with Gasteiger partial charge in [0.25, 0.3) is 0 Å². The van der Waals surface area contributed by atoms with Gasteiger partial charge in [0.15, 0.2) is 0 Å². The zero-order valence-electron chi connectivity index (χ0n) is 9.88. The summed E-state index contributed by atoms with van der Waals surface area (Å²) < 4.78 is 0. The Morgan fingerprint density at radius 3 is 2.44 bits per heavy atom. The zero-order valence-corrected chi connectivity index (χ0v) is 9.88. The minimum Gasteiger partial charge on any atom is -0.481 e. The Hall–Kier alpha value is -1.26. The van der Waals surface area contributed by atoms with Gasteiger partial charge >= 0.3 is 12.0 Å². The van der Waals surface area contributed by atoms with Crippen LogP contribution in [0.5, 0.6) is 0 Å². The fourth-order valence-corrected chi connectivity index (χ4v) is 1.25. The molecule has 2 amide bonds. The molecular weight excluding hydrogens is 208 g/mol. The Morgan fingerprint density at radius 1 is 1.38 bits per heavy atom. The van der Waals surface area contributed by atoms with Gasteiger partial charge in [-0.15, -0.1) is 0 Å². The lowest BCUT2D eigenvalue weighted by atomic mass is 9.88. The first-order valence-electron chi connectivity index (χ1n) is 5.73. The molecule has 0 aliphatic heterocycles. The van der Waals surface area contributed by atoms with Crippen LogP contribution in [0, 0.1) is 11.3 Å². The van der Waals surface area contributed by atoms with Gasteiger partial charge in [-0.25, -0.2) is 4.79 Å². The van der Waals surface area contributed by atoms with E-state index in [9.17, 15) is 9.59 Å². The molecule has 0 radical (unpaired) electrons. The summed E-state index contributed by atoms with van der Waals surface area (Å²) >= 11 is 0. The minimum absolute atomic E-state index is 0.162. The van der Waals surface area contributed by atoms with Gasteiger partial charge in [0.05, 0.1) is 5.41 Å². The molecule has 1 aliphatic carbocycles. The molecule has 1 rings (SSSR count). The maximum absolute atomic E-state index is 11.3. The maximum Gasteiger partial charge on any atom is 0.314 e. The van der Waals surface area contributed by atoms with Crippen molar-refractivity contribution in [1.29, 1.82) is 0 Å². The largest absolute Gasteiger partial charge is 0.481 e. The number of rotatable bonds is 6. The van der Waals surface area contributed by atoms with E-state index < -0.39 is 11.4 Å². The summed E-state index contributed by atoms with van der Waals surface area (Å²) in [4.78, 5) is 22.3. The molecule has 0 bridgehead atoms. The second kappa shape index (κ2) is 5.18. The molecule has 0 saturated heterocycles. The van der Waals surface area contributed by atoms with E-state index in [1.165, 1.54) is 12.8 Å². The third-order valence-corrected chi connectivity index (χ3v) is 3.18. The number of carbonyl (C=O) groups is 2. The van der Waals surface area contributed by atoms with Crippen LogP contribution in [0.2, 0.25) is 0 Å². The van der Waals surface area contributed by atoms with E-state index in [4.69, 9.17) is 5.11 Å². The SMILES string of the molecule is CCC(C)(CNC(=O)NCC1CC1)C(=O)O. The molecule has 1 fully saturated rings. The normalized spacial score (nSPS) is 18.6. The van der Waals surface area contributed by atoms with Crippen LogP contribution in [-0.2, 0) is 4.79 Å². The lowest BCUT2D eigenvalue weighted by Crippen LogP contribution is -2.45. The number of carboxylic acid groups (broad SMARTS) is 1. The molecule has 1 atom stereocenters. The van der Waals surface area contributed by atoms with Gasteiger partial charge in [0, 0.05) is 13.1 Å². The molecule has 1 unspecified atom stereocenters. The monoisotopic (exact) mass is 228 g/mol. The number of hydrogen-bond donors (Lipinski definition) is 3. The van der Waals surface area contributed by atoms with Gasteiger partial charge in [-0.2, -0.15) is 0 Å². The average molecular weight is 228 g/mol. The molecule has 1 saturated carbocycles. The summed E-state index contributed by atoms with van der Waals surface area (Å²) in [6.45, 7) is 4.30. The summed E-state index contributed by atoms with van der Waals surface area (Å²) in [5, 5.41) is 14.3. The average Bonchev–Trinajstić information content (AvgIpc) is 3.06. The fraction of sp³-hybridized carbons (Fsp3) is 0.818. The van der Waals surface area contributed by atoms with Gasteiger partial charge in [-0.05, 0) is 32.1 Å². The lowest BCUT2D eigenvalue weighted by molar-refractivity contribution is -0.147. The molecule has 1 aliphatic rings. The standard InChI is InChI=1S/C11H20N2O3/c1-3-11(2,9(14)15)7-13-10(16)12-6-8-4-5-8/h8H,3-7H2,1-2H3,(H,14,15)(H2,12,13,16). The van der Waals surface area contributed by atoms with Crippen LogP contribution in [0.1, 0.15) is 33.1 Å². The summed E-state index contributed by atoms with van der Waals surface area (Å²) in [5.41, 5.74) is -0.878. The fourth-order valence-electron chi connectivity index (χ4n) is 1.25. The molecule has 0 aromatic rings. The highest BCUT2D eigenvalue weighted by atomic mass is 16.4. The van der Waals surface area contributed by atoms with Crippen LogP contribution in [0.25, 0.3) is 0 Å². The van der Waals surface area contributed by atoms with E-state index in [1.54, 1.807) is 13.8 Å². The topological polar surface area (TPSA) is 78.4 Å². The lowest BCUT2D eigenvalue weighted by Gasteiger charge is -2.23. The van der Waals surface area contributed by atoms with Gasteiger partial charge in [0.2, 0.25) is 0 Å². The molecule has 0 aromatic heterocycles. The summed E-state index contributed by atoms with van der Waals surface area (Å²) in [5.74, 6) is -0.250. The van der Waals surface area contributed by atoms with Gasteiger partial charge < -0.3 is 15.7 Å². The van der Waals surface area contributed by atoms with Crippen molar-refractivity contribution >= 4 is 12.0 Å². The molecule has 5 nitrogen and oxygen atoms in total. The van der Waals surface area contributed by atoms with Crippen molar-refractivity contribution in [2.24, 2.45) is 11.3 Å². The highest BCUT2D eigenvalue weighted by molar-refractivity contribution is 5.77. The molecule has 0 spiro atoms. The number of urea groups is 1. The van der Waals surface area contributed by atoms with E-state index in [-0.39, 0.29) is 12.6 Å². The van der Waals surface area contributed by atoms with Crippen LogP contribution >= 0.6 is 0 Å². The number of carbonyl (C=O) groups excluding carboxylic acids is 1. The first-order chi connectivity index (χ1) is 7.48. The quantitative estimate of drug-likeness (QED) is 0.639. The second-order valence-electron chi connectivity index (χ2n) is 4.73. The number of aliphatic carboxylic acids is 1. The predicted octanol–water partition coefficient (Wildman–Crippen LogP) is 1.20. The molecule has 3 N–H and O–H groups in total. The van der Waals surface area contributed by atoms with Gasteiger partial charge in [0.1, 0.15) is 0 Å². The predicted molar refractivity (Wildman–Crippen MR) is 60.2 cm³/mol. The number of hydrogen-bond acceptors (Lipinski definition) is 2. The van der Waals surface area contributed by atoms with E-state index in [1.807, 2.05) is 0 Å². The first-order valence-corrected chi connectivity index (χ1v) is 5.73. The zero-order chi connectivity index (χ0) is 12.2. The highest BCUT2D eigenvalue weighted by Crippen LogP contribution is 2.27. The van der Waals surface area contributed by atoms with Crippen molar-refractivity contribution in [3.63, 3.8) is 0 Å². The van der Waals surface area contributed by atoms with Gasteiger partial charge in [-0.3, -0.25) is 4.79 Å². The van der Waals surface area contributed by atoms with Crippen molar-refractivity contribution in [3.8, 4) is 0 Å². The molecule has 92 valence electrons. The van der Waals surface area contributed by atoms with Crippen molar-refractivity contribution in [2.45, 2.75) is 33.1 Å². The second-order valence-corrected chi connectivity index (χ2v) is 4.73. The Balaban J connectivity index is 2.25. The van der Waals surface area contributed by atoms with Crippen LogP contribution in [0.15, 0.2) is 0 Å². The molecular formula is C11H20N2O3. The van der Waals surface area contributed by atoms with Gasteiger partial charge in [-0.1, -0.05) is 6.92 Å². The minimum atomic E-state index is -0.878. The summed E-state index contributed by atoms with van der Waals surface area (Å²) in [6.07, 6.45) is 2.86. The number of nitrogens with one attached hydrogen (secondary N) is 2.